The molecule has 4 heteroatoms. The second kappa shape index (κ2) is 4.61. The minimum absolute atomic E-state index is 0.356. The zero-order valence-corrected chi connectivity index (χ0v) is 10.7. The van der Waals surface area contributed by atoms with Crippen LogP contribution in [0, 0.1) is 6.92 Å². The van der Waals surface area contributed by atoms with Crippen molar-refractivity contribution in [1.82, 2.24) is 9.97 Å². The Kier molecular flexibility index (Phi) is 2.96. The van der Waals surface area contributed by atoms with Gasteiger partial charge in [-0.1, -0.05) is 0 Å². The van der Waals surface area contributed by atoms with E-state index < -0.39 is 0 Å². The lowest BCUT2D eigenvalue weighted by atomic mass is 9.91. The second-order valence-electron chi connectivity index (χ2n) is 5.32. The summed E-state index contributed by atoms with van der Waals surface area (Å²) in [5.74, 6) is 0.960. The number of rotatable bonds is 2. The van der Waals surface area contributed by atoms with Crippen LogP contribution in [0.2, 0.25) is 0 Å². The van der Waals surface area contributed by atoms with Gasteiger partial charge in [0.05, 0.1) is 11.0 Å². The standard InChI is InChI=1S/C14H20N4/c1-9-16-13-6-5-12(8-14(13)17-9)18-11-4-2-3-10(15)7-11/h5-6,8,10-11,18H,2-4,7,15H2,1H3,(H,16,17). The Morgan fingerprint density at radius 3 is 3.11 bits per heavy atom. The average molecular weight is 244 g/mol. The van der Waals surface area contributed by atoms with Crippen molar-refractivity contribution in [1.29, 1.82) is 0 Å². The molecule has 1 heterocycles. The van der Waals surface area contributed by atoms with Gasteiger partial charge in [0.25, 0.3) is 0 Å². The van der Waals surface area contributed by atoms with E-state index in [1.165, 1.54) is 12.8 Å². The van der Waals surface area contributed by atoms with Crippen molar-refractivity contribution in [3.05, 3.63) is 24.0 Å². The van der Waals surface area contributed by atoms with Gasteiger partial charge in [-0.05, 0) is 50.8 Å². The fourth-order valence-electron chi connectivity index (χ4n) is 2.82. The third kappa shape index (κ3) is 2.34. The van der Waals surface area contributed by atoms with Crippen LogP contribution in [0.3, 0.4) is 0 Å². The SMILES string of the molecule is Cc1nc2ccc(NC3CCCC(N)C3)cc2[nH]1. The van der Waals surface area contributed by atoms with E-state index >= 15 is 0 Å². The predicted molar refractivity (Wildman–Crippen MR) is 74.7 cm³/mol. The molecule has 1 aromatic carbocycles. The molecule has 3 rings (SSSR count). The van der Waals surface area contributed by atoms with Crippen LogP contribution in [0.5, 0.6) is 0 Å². The highest BCUT2D eigenvalue weighted by molar-refractivity contribution is 5.79. The number of benzene rings is 1. The topological polar surface area (TPSA) is 66.7 Å². The zero-order chi connectivity index (χ0) is 12.5. The first-order valence-corrected chi connectivity index (χ1v) is 6.69. The largest absolute Gasteiger partial charge is 0.382 e. The number of aromatic nitrogens is 2. The normalized spacial score (nSPS) is 24.3. The molecule has 1 saturated carbocycles. The lowest BCUT2D eigenvalue weighted by Gasteiger charge is -2.28. The number of aromatic amines is 1. The summed E-state index contributed by atoms with van der Waals surface area (Å²) in [7, 11) is 0. The van der Waals surface area contributed by atoms with E-state index in [0.29, 0.717) is 12.1 Å². The summed E-state index contributed by atoms with van der Waals surface area (Å²) in [4.78, 5) is 7.68. The monoisotopic (exact) mass is 244 g/mol. The first kappa shape index (κ1) is 11.5. The van der Waals surface area contributed by atoms with Gasteiger partial charge in [-0.15, -0.1) is 0 Å². The summed E-state index contributed by atoms with van der Waals surface area (Å²) in [6, 6.07) is 7.16. The van der Waals surface area contributed by atoms with Crippen molar-refractivity contribution in [3.8, 4) is 0 Å². The van der Waals surface area contributed by atoms with Gasteiger partial charge in [0.2, 0.25) is 0 Å². The number of hydrogen-bond acceptors (Lipinski definition) is 3. The number of H-pyrrole nitrogens is 1. The summed E-state index contributed by atoms with van der Waals surface area (Å²) >= 11 is 0. The average Bonchev–Trinajstić information content (AvgIpc) is 2.68. The number of aryl methyl sites for hydroxylation is 1. The van der Waals surface area contributed by atoms with Crippen molar-refractivity contribution in [2.75, 3.05) is 5.32 Å². The molecule has 2 aromatic rings. The van der Waals surface area contributed by atoms with Gasteiger partial charge in [0, 0.05) is 17.8 Å². The van der Waals surface area contributed by atoms with Crippen LogP contribution in [0.15, 0.2) is 18.2 Å². The maximum absolute atomic E-state index is 6.02. The fourth-order valence-corrected chi connectivity index (χ4v) is 2.82. The summed E-state index contributed by atoms with van der Waals surface area (Å²) in [5, 5.41) is 3.58. The van der Waals surface area contributed by atoms with E-state index in [-0.39, 0.29) is 0 Å². The Hall–Kier alpha value is -1.55. The molecule has 4 N–H and O–H groups in total. The van der Waals surface area contributed by atoms with Crippen LogP contribution < -0.4 is 11.1 Å². The second-order valence-corrected chi connectivity index (χ2v) is 5.32. The summed E-state index contributed by atoms with van der Waals surface area (Å²) in [6.45, 7) is 1.98. The smallest absolute Gasteiger partial charge is 0.104 e. The molecule has 0 aliphatic heterocycles. The van der Waals surface area contributed by atoms with Crippen molar-refractivity contribution >= 4 is 16.7 Å². The van der Waals surface area contributed by atoms with Gasteiger partial charge in [-0.2, -0.15) is 0 Å². The number of nitrogens with one attached hydrogen (secondary N) is 2. The first-order chi connectivity index (χ1) is 8.70. The van der Waals surface area contributed by atoms with E-state index in [1.54, 1.807) is 0 Å². The zero-order valence-electron chi connectivity index (χ0n) is 10.7. The number of nitrogens with zero attached hydrogens (tertiary/aromatic N) is 1. The lowest BCUT2D eigenvalue weighted by molar-refractivity contribution is 0.409. The van der Waals surface area contributed by atoms with Gasteiger partial charge in [0.15, 0.2) is 0 Å². The van der Waals surface area contributed by atoms with Crippen molar-refractivity contribution in [3.63, 3.8) is 0 Å². The molecule has 0 amide bonds. The van der Waals surface area contributed by atoms with Gasteiger partial charge in [-0.3, -0.25) is 0 Å². The molecular weight excluding hydrogens is 224 g/mol. The van der Waals surface area contributed by atoms with Gasteiger partial charge >= 0.3 is 0 Å². The van der Waals surface area contributed by atoms with E-state index in [1.807, 2.05) is 6.92 Å². The fraction of sp³-hybridized carbons (Fsp3) is 0.500. The molecular formula is C14H20N4. The molecule has 2 unspecified atom stereocenters. The van der Waals surface area contributed by atoms with Crippen LogP contribution in [0.25, 0.3) is 11.0 Å². The summed E-state index contributed by atoms with van der Waals surface area (Å²) in [6.07, 6.45) is 4.68. The lowest BCUT2D eigenvalue weighted by Crippen LogP contribution is -2.34. The molecule has 18 heavy (non-hydrogen) atoms. The highest BCUT2D eigenvalue weighted by Gasteiger charge is 2.18. The Bertz CT molecular complexity index is 546. The highest BCUT2D eigenvalue weighted by Crippen LogP contribution is 2.23. The van der Waals surface area contributed by atoms with Crippen LogP contribution >= 0.6 is 0 Å². The number of hydrogen-bond donors (Lipinski definition) is 3. The van der Waals surface area contributed by atoms with E-state index in [4.69, 9.17) is 5.73 Å². The number of fused-ring (bicyclic) bond motifs is 1. The summed E-state index contributed by atoms with van der Waals surface area (Å²) < 4.78 is 0. The van der Waals surface area contributed by atoms with Crippen LogP contribution in [-0.4, -0.2) is 22.1 Å². The van der Waals surface area contributed by atoms with Gasteiger partial charge in [0.1, 0.15) is 5.82 Å². The van der Waals surface area contributed by atoms with Gasteiger partial charge < -0.3 is 16.0 Å². The maximum Gasteiger partial charge on any atom is 0.104 e. The number of nitrogens with two attached hydrogens (primary N) is 1. The van der Waals surface area contributed by atoms with Gasteiger partial charge in [-0.25, -0.2) is 4.98 Å². The Labute approximate surface area is 107 Å². The van der Waals surface area contributed by atoms with Crippen LogP contribution in [0.4, 0.5) is 5.69 Å². The Balaban J connectivity index is 1.77. The molecule has 1 aliphatic rings. The third-order valence-corrected chi connectivity index (χ3v) is 3.69. The van der Waals surface area contributed by atoms with Crippen LogP contribution in [0.1, 0.15) is 31.5 Å². The number of anilines is 1. The van der Waals surface area contributed by atoms with Crippen molar-refractivity contribution < 1.29 is 0 Å². The predicted octanol–water partition coefficient (Wildman–Crippen LogP) is 2.55. The molecule has 0 spiro atoms. The molecule has 96 valence electrons. The molecule has 0 radical (unpaired) electrons. The minimum atomic E-state index is 0.356. The maximum atomic E-state index is 6.02. The first-order valence-electron chi connectivity index (χ1n) is 6.69. The van der Waals surface area contributed by atoms with E-state index in [2.05, 4.69) is 33.5 Å². The highest BCUT2D eigenvalue weighted by atomic mass is 14.9. The molecule has 0 saturated heterocycles. The Morgan fingerprint density at radius 1 is 1.39 bits per heavy atom. The third-order valence-electron chi connectivity index (χ3n) is 3.69. The quantitative estimate of drug-likeness (QED) is 0.760. The molecule has 1 aliphatic carbocycles. The molecule has 1 fully saturated rings. The Morgan fingerprint density at radius 2 is 2.28 bits per heavy atom. The van der Waals surface area contributed by atoms with E-state index in [0.717, 1.165) is 35.4 Å². The molecule has 4 nitrogen and oxygen atoms in total. The van der Waals surface area contributed by atoms with Crippen LogP contribution in [-0.2, 0) is 0 Å². The minimum Gasteiger partial charge on any atom is -0.382 e. The van der Waals surface area contributed by atoms with Crippen molar-refractivity contribution in [2.45, 2.75) is 44.7 Å². The molecule has 2 atom stereocenters. The summed E-state index contributed by atoms with van der Waals surface area (Å²) in [5.41, 5.74) is 9.30. The molecule has 1 aromatic heterocycles. The van der Waals surface area contributed by atoms with E-state index in [9.17, 15) is 0 Å². The number of imidazole rings is 1. The molecule has 0 bridgehead atoms. The van der Waals surface area contributed by atoms with Crippen molar-refractivity contribution in [2.24, 2.45) is 5.73 Å².